The van der Waals surface area contributed by atoms with E-state index in [1.165, 1.54) is 18.9 Å². The van der Waals surface area contributed by atoms with Crippen LogP contribution >= 0.6 is 0 Å². The molecular formula is C14H22FN. The molecule has 0 saturated heterocycles. The zero-order chi connectivity index (χ0) is 12.0. The molecule has 0 radical (unpaired) electrons. The van der Waals surface area contributed by atoms with Crippen LogP contribution in [0.25, 0.3) is 0 Å². The third-order valence-electron chi connectivity index (χ3n) is 2.93. The number of halogens is 1. The third-order valence-corrected chi connectivity index (χ3v) is 2.93. The Kier molecular flexibility index (Phi) is 5.47. The predicted molar refractivity (Wildman–Crippen MR) is 66.8 cm³/mol. The van der Waals surface area contributed by atoms with Crippen LogP contribution in [0.2, 0.25) is 0 Å². The van der Waals surface area contributed by atoms with E-state index in [9.17, 15) is 4.39 Å². The molecule has 1 nitrogen and oxygen atoms in total. The van der Waals surface area contributed by atoms with Gasteiger partial charge in [-0.1, -0.05) is 44.9 Å². The molecule has 2 heteroatoms. The van der Waals surface area contributed by atoms with Crippen molar-refractivity contribution in [2.24, 2.45) is 11.7 Å². The van der Waals surface area contributed by atoms with Gasteiger partial charge in [-0.25, -0.2) is 4.39 Å². The minimum Gasteiger partial charge on any atom is -0.327 e. The van der Waals surface area contributed by atoms with Gasteiger partial charge in [0.25, 0.3) is 0 Å². The van der Waals surface area contributed by atoms with E-state index in [1.807, 2.05) is 12.1 Å². The van der Waals surface area contributed by atoms with Gasteiger partial charge >= 0.3 is 0 Å². The molecule has 0 bridgehead atoms. The molecule has 1 aromatic rings. The summed E-state index contributed by atoms with van der Waals surface area (Å²) < 4.78 is 13.4. The maximum atomic E-state index is 13.4. The third kappa shape index (κ3) is 4.31. The van der Waals surface area contributed by atoms with Crippen LogP contribution < -0.4 is 5.73 Å². The highest BCUT2D eigenvalue weighted by molar-refractivity contribution is 5.18. The van der Waals surface area contributed by atoms with Crippen molar-refractivity contribution in [3.63, 3.8) is 0 Å². The summed E-state index contributed by atoms with van der Waals surface area (Å²) in [6, 6.07) is 6.96. The maximum Gasteiger partial charge on any atom is 0.126 e. The number of nitrogens with two attached hydrogens (primary N) is 1. The number of benzene rings is 1. The molecule has 0 aromatic heterocycles. The van der Waals surface area contributed by atoms with Crippen LogP contribution in [0, 0.1) is 11.7 Å². The van der Waals surface area contributed by atoms with E-state index >= 15 is 0 Å². The summed E-state index contributed by atoms with van der Waals surface area (Å²) in [4.78, 5) is 0. The van der Waals surface area contributed by atoms with Crippen LogP contribution in [0.5, 0.6) is 0 Å². The summed E-state index contributed by atoms with van der Waals surface area (Å²) >= 11 is 0. The van der Waals surface area contributed by atoms with Crippen molar-refractivity contribution in [3.8, 4) is 0 Å². The van der Waals surface area contributed by atoms with E-state index in [0.717, 1.165) is 12.0 Å². The molecule has 0 aliphatic rings. The van der Waals surface area contributed by atoms with Crippen molar-refractivity contribution >= 4 is 0 Å². The molecule has 0 aliphatic carbocycles. The molecule has 90 valence electrons. The molecule has 2 atom stereocenters. The first-order valence-electron chi connectivity index (χ1n) is 6.12. The average molecular weight is 223 g/mol. The Bertz CT molecular complexity index is 311. The summed E-state index contributed by atoms with van der Waals surface area (Å²) in [5.74, 6) is 0.493. The first-order valence-corrected chi connectivity index (χ1v) is 6.12. The van der Waals surface area contributed by atoms with Crippen LogP contribution in [0.4, 0.5) is 4.39 Å². The Labute approximate surface area is 97.9 Å². The van der Waals surface area contributed by atoms with Gasteiger partial charge < -0.3 is 5.73 Å². The van der Waals surface area contributed by atoms with Crippen LogP contribution in [0.3, 0.4) is 0 Å². The van der Waals surface area contributed by atoms with Crippen LogP contribution in [0.15, 0.2) is 24.3 Å². The lowest BCUT2D eigenvalue weighted by Gasteiger charge is -2.17. The molecular weight excluding hydrogens is 201 g/mol. The lowest BCUT2D eigenvalue weighted by molar-refractivity contribution is 0.428. The average Bonchev–Trinajstić information content (AvgIpc) is 2.21. The monoisotopic (exact) mass is 223 g/mol. The second-order valence-corrected chi connectivity index (χ2v) is 4.69. The van der Waals surface area contributed by atoms with Gasteiger partial charge in [-0.2, -0.15) is 0 Å². The fourth-order valence-corrected chi connectivity index (χ4v) is 2.16. The molecule has 0 fully saturated rings. The summed E-state index contributed by atoms with van der Waals surface area (Å²) in [6.45, 7) is 4.39. The SMILES string of the molecule is CCCC(C)CC(N)Cc1ccccc1F. The summed E-state index contributed by atoms with van der Waals surface area (Å²) in [5, 5.41) is 0. The number of rotatable bonds is 6. The topological polar surface area (TPSA) is 26.0 Å². The van der Waals surface area contributed by atoms with E-state index in [0.29, 0.717) is 12.3 Å². The lowest BCUT2D eigenvalue weighted by atomic mass is 9.94. The first-order chi connectivity index (χ1) is 7.63. The lowest BCUT2D eigenvalue weighted by Crippen LogP contribution is -2.25. The fraction of sp³-hybridized carbons (Fsp3) is 0.571. The van der Waals surface area contributed by atoms with Gasteiger partial charge in [0.05, 0.1) is 0 Å². The summed E-state index contributed by atoms with van der Waals surface area (Å²) in [6.07, 6.45) is 4.00. The number of hydrogen-bond acceptors (Lipinski definition) is 1. The number of hydrogen-bond donors (Lipinski definition) is 1. The molecule has 0 amide bonds. The van der Waals surface area contributed by atoms with E-state index in [4.69, 9.17) is 5.73 Å². The fourth-order valence-electron chi connectivity index (χ4n) is 2.16. The molecule has 1 aromatic carbocycles. The van der Waals surface area contributed by atoms with Gasteiger partial charge in [-0.3, -0.25) is 0 Å². The maximum absolute atomic E-state index is 13.4. The highest BCUT2D eigenvalue weighted by Gasteiger charge is 2.11. The van der Waals surface area contributed by atoms with Crippen LogP contribution in [0.1, 0.15) is 38.7 Å². The molecule has 2 unspecified atom stereocenters. The van der Waals surface area contributed by atoms with Crippen molar-refractivity contribution in [1.82, 2.24) is 0 Å². The van der Waals surface area contributed by atoms with Gasteiger partial charge in [0.15, 0.2) is 0 Å². The first kappa shape index (κ1) is 13.2. The van der Waals surface area contributed by atoms with Gasteiger partial charge in [0.2, 0.25) is 0 Å². The minimum absolute atomic E-state index is 0.0680. The second-order valence-electron chi connectivity index (χ2n) is 4.69. The molecule has 1 rings (SSSR count). The van der Waals surface area contributed by atoms with E-state index < -0.39 is 0 Å². The van der Waals surface area contributed by atoms with Gasteiger partial charge in [0.1, 0.15) is 5.82 Å². The highest BCUT2D eigenvalue weighted by atomic mass is 19.1. The van der Waals surface area contributed by atoms with Crippen molar-refractivity contribution < 1.29 is 4.39 Å². The molecule has 0 heterocycles. The van der Waals surface area contributed by atoms with Crippen LogP contribution in [-0.2, 0) is 6.42 Å². The Morgan fingerprint density at radius 1 is 1.31 bits per heavy atom. The van der Waals surface area contributed by atoms with E-state index in [1.54, 1.807) is 6.07 Å². The second kappa shape index (κ2) is 6.64. The highest BCUT2D eigenvalue weighted by Crippen LogP contribution is 2.15. The van der Waals surface area contributed by atoms with Crippen molar-refractivity contribution in [2.45, 2.75) is 45.6 Å². The van der Waals surface area contributed by atoms with Crippen molar-refractivity contribution in [1.29, 1.82) is 0 Å². The Morgan fingerprint density at radius 3 is 2.62 bits per heavy atom. The summed E-state index contributed by atoms with van der Waals surface area (Å²) in [5.41, 5.74) is 6.77. The normalized spacial score (nSPS) is 14.8. The predicted octanol–water partition coefficient (Wildman–Crippen LogP) is 3.52. The smallest absolute Gasteiger partial charge is 0.126 e. The zero-order valence-electron chi connectivity index (χ0n) is 10.2. The molecule has 0 aliphatic heterocycles. The van der Waals surface area contributed by atoms with Crippen molar-refractivity contribution in [2.75, 3.05) is 0 Å². The Balaban J connectivity index is 2.45. The molecule has 2 N–H and O–H groups in total. The van der Waals surface area contributed by atoms with E-state index in [2.05, 4.69) is 13.8 Å². The zero-order valence-corrected chi connectivity index (χ0v) is 10.2. The minimum atomic E-state index is -0.138. The molecule has 16 heavy (non-hydrogen) atoms. The van der Waals surface area contributed by atoms with Crippen molar-refractivity contribution in [3.05, 3.63) is 35.6 Å². The largest absolute Gasteiger partial charge is 0.327 e. The Hall–Kier alpha value is -0.890. The molecule has 0 spiro atoms. The van der Waals surface area contributed by atoms with Gasteiger partial charge in [-0.15, -0.1) is 0 Å². The van der Waals surface area contributed by atoms with E-state index in [-0.39, 0.29) is 11.9 Å². The summed E-state index contributed by atoms with van der Waals surface area (Å²) in [7, 11) is 0. The molecule has 0 saturated carbocycles. The standard InChI is InChI=1S/C14H22FN/c1-3-6-11(2)9-13(16)10-12-7-4-5-8-14(12)15/h4-5,7-8,11,13H,3,6,9-10,16H2,1-2H3. The van der Waals surface area contributed by atoms with Crippen LogP contribution in [-0.4, -0.2) is 6.04 Å². The Morgan fingerprint density at radius 2 is 2.00 bits per heavy atom. The van der Waals surface area contributed by atoms with Gasteiger partial charge in [-0.05, 0) is 30.4 Å². The van der Waals surface area contributed by atoms with Gasteiger partial charge in [0, 0.05) is 6.04 Å². The quantitative estimate of drug-likeness (QED) is 0.784.